The summed E-state index contributed by atoms with van der Waals surface area (Å²) in [5.41, 5.74) is -1.03. The molecule has 79 heavy (non-hydrogen) atoms. The SMILES string of the molecule is CCCCOc1ccc(C(C)(C)O[O-])c(OCCCC)c1OCCCC.CCCCOc1ccc(C(C)(C)O[O-])c(OCCCC)c1OCCCC.CCCCOc1ccc(C(C)(C)O[O-])c(OCCCC)c1OCCCC.[Ti+3]. The fourth-order valence-electron chi connectivity index (χ4n) is 7.26. The van der Waals surface area contributed by atoms with Crippen molar-refractivity contribution < 1.29 is 94.8 Å². The molecule has 0 aliphatic heterocycles. The Kier molecular flexibility index (Phi) is 41.9. The molecule has 3 aromatic rings. The van der Waals surface area contributed by atoms with Crippen molar-refractivity contribution >= 4 is 0 Å². The number of benzene rings is 3. The molecule has 0 aromatic heterocycles. The molecule has 15 nitrogen and oxygen atoms in total. The molecular formula is C63H105O15Ti. The van der Waals surface area contributed by atoms with Gasteiger partial charge in [-0.2, -0.15) is 0 Å². The van der Waals surface area contributed by atoms with E-state index in [1.807, 2.05) is 36.4 Å². The number of hydrogen-bond acceptors (Lipinski definition) is 15. The molecule has 16 heteroatoms. The van der Waals surface area contributed by atoms with Gasteiger partial charge in [-0.15, -0.1) is 0 Å². The van der Waals surface area contributed by atoms with Gasteiger partial charge in [0.1, 0.15) is 0 Å². The molecule has 0 heterocycles. The summed E-state index contributed by atoms with van der Waals surface area (Å²) >= 11 is 0. The van der Waals surface area contributed by atoms with E-state index < -0.39 is 16.8 Å². The minimum Gasteiger partial charge on any atom is -0.723 e. The Hall–Kier alpha value is -3.67. The second-order valence-electron chi connectivity index (χ2n) is 20.9. The Bertz CT molecular complexity index is 1770. The van der Waals surface area contributed by atoms with Crippen LogP contribution in [0.2, 0.25) is 0 Å². The molecule has 0 fully saturated rings. The van der Waals surface area contributed by atoms with Crippen LogP contribution in [-0.4, -0.2) is 59.5 Å². The van der Waals surface area contributed by atoms with E-state index in [-0.39, 0.29) is 21.7 Å². The molecule has 0 unspecified atom stereocenters. The molecular weight excluding hydrogens is 1040 g/mol. The maximum atomic E-state index is 11.3. The van der Waals surface area contributed by atoms with Gasteiger partial charge >= 0.3 is 21.7 Å². The van der Waals surface area contributed by atoms with E-state index in [0.29, 0.717) is 128 Å². The second-order valence-corrected chi connectivity index (χ2v) is 20.9. The van der Waals surface area contributed by atoms with Crippen molar-refractivity contribution in [3.63, 3.8) is 0 Å². The van der Waals surface area contributed by atoms with Gasteiger partial charge < -0.3 is 73.1 Å². The summed E-state index contributed by atoms with van der Waals surface area (Å²) in [6, 6.07) is 11.1. The quantitative estimate of drug-likeness (QED) is 0.0226. The predicted octanol–water partition coefficient (Wildman–Crippen LogP) is 14.2. The summed E-state index contributed by atoms with van der Waals surface area (Å²) in [5, 5.41) is 33.8. The average Bonchev–Trinajstić information content (AvgIpc) is 3.44. The van der Waals surface area contributed by atoms with Crippen LogP contribution in [0.25, 0.3) is 0 Å². The van der Waals surface area contributed by atoms with Crippen molar-refractivity contribution in [2.75, 3.05) is 59.5 Å². The van der Waals surface area contributed by atoms with Gasteiger partial charge in [-0.3, -0.25) is 0 Å². The van der Waals surface area contributed by atoms with E-state index in [1.54, 1.807) is 41.5 Å². The van der Waals surface area contributed by atoms with Crippen LogP contribution >= 0.6 is 0 Å². The van der Waals surface area contributed by atoms with E-state index in [4.69, 9.17) is 42.6 Å². The standard InChI is InChI=1S/3C21H36O5.Ti/c3*1-6-9-14-23-18-13-12-17(21(4,5)26-22)19(24-15-10-7-2)20(18)25-16-11-8-3;/h3*12-13,22H,6-11,14-16H2,1-5H3;/q;;;+3/p-3. The van der Waals surface area contributed by atoms with Gasteiger partial charge in [-0.25, -0.2) is 0 Å². The maximum Gasteiger partial charge on any atom is 3.00 e. The Morgan fingerprint density at radius 1 is 0.266 bits per heavy atom. The molecule has 451 valence electrons. The zero-order valence-electron chi connectivity index (χ0n) is 51.7. The number of ether oxygens (including phenoxy) is 9. The summed E-state index contributed by atoms with van der Waals surface area (Å²) in [7, 11) is 0. The van der Waals surface area contributed by atoms with E-state index in [9.17, 15) is 15.8 Å². The van der Waals surface area contributed by atoms with Crippen molar-refractivity contribution in [2.24, 2.45) is 0 Å². The number of rotatable bonds is 42. The van der Waals surface area contributed by atoms with Crippen molar-refractivity contribution in [3.05, 3.63) is 53.1 Å². The molecule has 0 atom stereocenters. The van der Waals surface area contributed by atoms with Crippen molar-refractivity contribution in [1.82, 2.24) is 0 Å². The summed E-state index contributed by atoms with van der Waals surface area (Å²) in [5.74, 6) is 5.39. The maximum absolute atomic E-state index is 11.3. The summed E-state index contributed by atoms with van der Waals surface area (Å²) in [4.78, 5) is 13.4. The van der Waals surface area contributed by atoms with Crippen LogP contribution < -0.4 is 58.4 Å². The number of hydrogen-bond donors (Lipinski definition) is 0. The summed E-state index contributed by atoms with van der Waals surface area (Å²) in [6.07, 6.45) is 17.8. The normalized spacial score (nSPS) is 11.3. The fourth-order valence-corrected chi connectivity index (χ4v) is 7.26. The third kappa shape index (κ3) is 27.3. The second kappa shape index (κ2) is 44.0. The third-order valence-electron chi connectivity index (χ3n) is 12.5. The molecule has 1 radical (unpaired) electrons. The van der Waals surface area contributed by atoms with Crippen molar-refractivity contribution in [2.45, 2.75) is 236 Å². The Morgan fingerprint density at radius 2 is 0.430 bits per heavy atom. The molecule has 0 bridgehead atoms. The van der Waals surface area contributed by atoms with Crippen LogP contribution in [0, 0.1) is 0 Å². The van der Waals surface area contributed by atoms with Gasteiger partial charge in [0, 0.05) is 16.7 Å². The number of unbranched alkanes of at least 4 members (excludes halogenated alkanes) is 9. The van der Waals surface area contributed by atoms with Gasteiger partial charge in [-0.05, 0) is 136 Å². The largest absolute Gasteiger partial charge is 3.00 e. The predicted molar refractivity (Wildman–Crippen MR) is 305 cm³/mol. The molecule has 0 saturated heterocycles. The Morgan fingerprint density at radius 3 is 0.595 bits per heavy atom. The molecule has 0 amide bonds. The summed E-state index contributed by atoms with van der Waals surface area (Å²) in [6.45, 7) is 34.7. The zero-order valence-corrected chi connectivity index (χ0v) is 53.2. The van der Waals surface area contributed by atoms with Crippen LogP contribution in [0.5, 0.6) is 51.7 Å². The molecule has 0 N–H and O–H groups in total. The molecule has 3 aromatic carbocycles. The van der Waals surface area contributed by atoms with Gasteiger partial charge in [0.2, 0.25) is 17.2 Å². The van der Waals surface area contributed by atoms with Crippen LogP contribution in [0.1, 0.15) is 236 Å². The zero-order chi connectivity index (χ0) is 58.2. The van der Waals surface area contributed by atoms with Crippen LogP contribution in [0.15, 0.2) is 36.4 Å². The molecule has 3 rings (SSSR count). The van der Waals surface area contributed by atoms with Gasteiger partial charge in [-0.1, -0.05) is 120 Å². The minimum absolute atomic E-state index is 0. The monoisotopic (exact) mass is 1150 g/mol. The molecule has 0 saturated carbocycles. The fraction of sp³-hybridized carbons (Fsp3) is 0.714. The van der Waals surface area contributed by atoms with Crippen LogP contribution in [0.4, 0.5) is 0 Å². The topological polar surface area (TPSA) is 180 Å². The first-order valence-electron chi connectivity index (χ1n) is 29.6. The Balaban J connectivity index is 0.00000115. The van der Waals surface area contributed by atoms with Gasteiger partial charge in [0.05, 0.1) is 76.3 Å². The summed E-state index contributed by atoms with van der Waals surface area (Å²) < 4.78 is 54.1. The van der Waals surface area contributed by atoms with Crippen LogP contribution in [-0.2, 0) is 53.2 Å². The molecule has 0 aliphatic rings. The van der Waals surface area contributed by atoms with Gasteiger partial charge in [0.15, 0.2) is 34.5 Å². The smallest absolute Gasteiger partial charge is 0.723 e. The van der Waals surface area contributed by atoms with Crippen molar-refractivity contribution in [3.8, 4) is 51.7 Å². The van der Waals surface area contributed by atoms with Gasteiger partial charge in [0.25, 0.3) is 0 Å². The molecule has 0 spiro atoms. The van der Waals surface area contributed by atoms with Crippen LogP contribution in [0.3, 0.4) is 0 Å². The minimum atomic E-state index is -1.02. The van der Waals surface area contributed by atoms with Crippen molar-refractivity contribution in [1.29, 1.82) is 0 Å². The van der Waals surface area contributed by atoms with E-state index >= 15 is 0 Å². The first-order chi connectivity index (χ1) is 37.5. The Labute approximate surface area is 493 Å². The van der Waals surface area contributed by atoms with E-state index in [1.165, 1.54) is 0 Å². The average molecular weight is 1150 g/mol. The third-order valence-corrected chi connectivity index (χ3v) is 12.5. The van der Waals surface area contributed by atoms with E-state index in [2.05, 4.69) is 77.0 Å². The first kappa shape index (κ1) is 75.3. The molecule has 0 aliphatic carbocycles. The van der Waals surface area contributed by atoms with E-state index in [0.717, 1.165) is 116 Å². The first-order valence-corrected chi connectivity index (χ1v) is 29.6.